The second-order valence-corrected chi connectivity index (χ2v) is 9.60. The van der Waals surface area contributed by atoms with E-state index in [1.807, 2.05) is 26.8 Å². The molecule has 1 aliphatic heterocycles. The number of hydrogen-bond acceptors (Lipinski definition) is 4. The molecular weight excluding hydrogens is 433 g/mol. The Kier molecular flexibility index (Phi) is 6.47. The van der Waals surface area contributed by atoms with Crippen molar-refractivity contribution in [3.8, 4) is 11.8 Å². The summed E-state index contributed by atoms with van der Waals surface area (Å²) in [4.78, 5) is 26.7. The molecule has 0 aromatic heterocycles. The molecule has 0 fully saturated rings. The Morgan fingerprint density at radius 2 is 2.00 bits per heavy atom. The van der Waals surface area contributed by atoms with Crippen LogP contribution in [0.3, 0.4) is 0 Å². The summed E-state index contributed by atoms with van der Waals surface area (Å²) in [5.74, 6) is -1.48. The van der Waals surface area contributed by atoms with Gasteiger partial charge in [-0.1, -0.05) is 32.4 Å². The average molecular weight is 458 g/mol. The largest absolute Gasteiger partial charge is 0.476 e. The molecule has 2 aromatic carbocycles. The van der Waals surface area contributed by atoms with Crippen molar-refractivity contribution >= 4 is 34.8 Å². The number of carbonyl (C=O) groups is 2. The molecule has 0 radical (unpaired) electrons. The monoisotopic (exact) mass is 457 g/mol. The Labute approximate surface area is 191 Å². The van der Waals surface area contributed by atoms with Crippen LogP contribution in [-0.2, 0) is 16.1 Å². The van der Waals surface area contributed by atoms with E-state index in [-0.39, 0.29) is 47.3 Å². The summed E-state index contributed by atoms with van der Waals surface area (Å²) in [5.41, 5.74) is 1.49. The van der Waals surface area contributed by atoms with Crippen LogP contribution in [0.2, 0.25) is 5.02 Å². The van der Waals surface area contributed by atoms with Crippen molar-refractivity contribution in [2.45, 2.75) is 53.7 Å². The second kappa shape index (κ2) is 8.79. The van der Waals surface area contributed by atoms with Crippen LogP contribution in [0.25, 0.3) is 0 Å². The molecule has 1 heterocycles. The highest BCUT2D eigenvalue weighted by atomic mass is 35.5. The lowest BCUT2D eigenvalue weighted by Crippen LogP contribution is -2.44. The Hall–Kier alpha value is -3.11. The van der Waals surface area contributed by atoms with Crippen molar-refractivity contribution in [3.63, 3.8) is 0 Å². The summed E-state index contributed by atoms with van der Waals surface area (Å²) < 4.78 is 21.1. The van der Waals surface area contributed by atoms with E-state index in [1.165, 1.54) is 17.9 Å². The zero-order valence-corrected chi connectivity index (χ0v) is 19.4. The summed E-state index contributed by atoms with van der Waals surface area (Å²) in [6, 6.07) is 8.46. The van der Waals surface area contributed by atoms with Crippen LogP contribution in [0.1, 0.15) is 50.8 Å². The van der Waals surface area contributed by atoms with Gasteiger partial charge >= 0.3 is 0 Å². The molecule has 2 aromatic rings. The summed E-state index contributed by atoms with van der Waals surface area (Å²) in [7, 11) is 0. The molecule has 1 atom stereocenters. The van der Waals surface area contributed by atoms with Crippen LogP contribution in [0.5, 0.6) is 5.75 Å². The number of hydrogen-bond donors (Lipinski definition) is 1. The summed E-state index contributed by atoms with van der Waals surface area (Å²) >= 11 is 6.10. The first-order valence-corrected chi connectivity index (χ1v) is 10.6. The van der Waals surface area contributed by atoms with Gasteiger partial charge in [-0.3, -0.25) is 9.59 Å². The third-order valence-electron chi connectivity index (χ3n) is 4.98. The normalized spacial score (nSPS) is 15.6. The Morgan fingerprint density at radius 3 is 2.62 bits per heavy atom. The number of halogens is 2. The number of fused-ring (bicyclic) bond motifs is 1. The van der Waals surface area contributed by atoms with Crippen LogP contribution in [0.4, 0.5) is 15.8 Å². The lowest BCUT2D eigenvalue weighted by atomic mass is 9.92. The third kappa shape index (κ3) is 5.03. The SMILES string of the molecule is Cc1cc2c(c(F)c1NC(=O)CC(C)(C)C)OC(C)C(=O)N2Cc1cc(Cl)cc(C#N)c1. The fraction of sp³-hybridized carbons (Fsp3) is 0.375. The van der Waals surface area contributed by atoms with E-state index < -0.39 is 11.9 Å². The van der Waals surface area contributed by atoms with Crippen LogP contribution >= 0.6 is 11.6 Å². The summed E-state index contributed by atoms with van der Waals surface area (Å²) in [6.45, 7) is 9.04. The quantitative estimate of drug-likeness (QED) is 0.671. The van der Waals surface area contributed by atoms with E-state index >= 15 is 4.39 Å². The molecule has 168 valence electrons. The lowest BCUT2D eigenvalue weighted by Gasteiger charge is -2.34. The predicted molar refractivity (Wildman–Crippen MR) is 121 cm³/mol. The molecule has 1 N–H and O–H groups in total. The third-order valence-corrected chi connectivity index (χ3v) is 5.20. The Morgan fingerprint density at radius 1 is 1.31 bits per heavy atom. The van der Waals surface area contributed by atoms with E-state index in [0.717, 1.165) is 0 Å². The number of nitrogens with zero attached hydrogens (tertiary/aromatic N) is 2. The number of benzene rings is 2. The van der Waals surface area contributed by atoms with Crippen molar-refractivity contribution in [2.24, 2.45) is 5.41 Å². The first-order valence-electron chi connectivity index (χ1n) is 10.2. The number of nitrogens with one attached hydrogen (secondary N) is 1. The van der Waals surface area contributed by atoms with E-state index in [2.05, 4.69) is 5.32 Å². The highest BCUT2D eigenvalue weighted by Gasteiger charge is 2.35. The molecule has 1 aliphatic rings. The zero-order valence-electron chi connectivity index (χ0n) is 18.7. The molecule has 1 unspecified atom stereocenters. The highest BCUT2D eigenvalue weighted by molar-refractivity contribution is 6.30. The Bertz CT molecular complexity index is 1130. The van der Waals surface area contributed by atoms with Gasteiger partial charge in [0, 0.05) is 11.4 Å². The molecule has 3 rings (SSSR count). The molecule has 0 saturated carbocycles. The van der Waals surface area contributed by atoms with E-state index in [9.17, 15) is 14.9 Å². The molecule has 0 aliphatic carbocycles. The van der Waals surface area contributed by atoms with Crippen molar-refractivity contribution < 1.29 is 18.7 Å². The maximum atomic E-state index is 15.5. The van der Waals surface area contributed by atoms with Crippen LogP contribution < -0.4 is 15.0 Å². The molecule has 32 heavy (non-hydrogen) atoms. The molecule has 8 heteroatoms. The number of anilines is 2. The minimum absolute atomic E-state index is 0.0361. The van der Waals surface area contributed by atoms with Crippen molar-refractivity contribution in [3.05, 3.63) is 51.8 Å². The molecule has 0 spiro atoms. The second-order valence-electron chi connectivity index (χ2n) is 9.16. The number of aryl methyl sites for hydroxylation is 1. The fourth-order valence-electron chi connectivity index (χ4n) is 3.59. The van der Waals surface area contributed by atoms with E-state index in [0.29, 0.717) is 21.7 Å². The minimum atomic E-state index is -0.924. The minimum Gasteiger partial charge on any atom is -0.476 e. The predicted octanol–water partition coefficient (Wildman–Crippen LogP) is 5.35. The summed E-state index contributed by atoms with van der Waals surface area (Å²) in [5, 5.41) is 12.2. The van der Waals surface area contributed by atoms with Crippen LogP contribution in [0, 0.1) is 29.5 Å². The molecule has 2 amide bonds. The number of nitriles is 1. The molecule has 0 saturated heterocycles. The smallest absolute Gasteiger partial charge is 0.268 e. The fourth-order valence-corrected chi connectivity index (χ4v) is 3.85. The van der Waals surface area contributed by atoms with Gasteiger partial charge in [0.15, 0.2) is 17.7 Å². The first-order chi connectivity index (χ1) is 14.9. The van der Waals surface area contributed by atoms with Gasteiger partial charge in [-0.2, -0.15) is 5.26 Å². The van der Waals surface area contributed by atoms with Gasteiger partial charge in [0.05, 0.1) is 29.6 Å². The van der Waals surface area contributed by atoms with Gasteiger partial charge in [-0.25, -0.2) is 4.39 Å². The van der Waals surface area contributed by atoms with Gasteiger partial charge in [0.2, 0.25) is 5.91 Å². The van der Waals surface area contributed by atoms with Crippen molar-refractivity contribution in [1.82, 2.24) is 0 Å². The zero-order chi connectivity index (χ0) is 23.8. The number of ether oxygens (including phenoxy) is 1. The van der Waals surface area contributed by atoms with E-state index in [1.54, 1.807) is 25.1 Å². The van der Waals surface area contributed by atoms with Crippen LogP contribution in [-0.4, -0.2) is 17.9 Å². The average Bonchev–Trinajstić information content (AvgIpc) is 2.68. The molecule has 6 nitrogen and oxygen atoms in total. The maximum absolute atomic E-state index is 15.5. The first kappa shape index (κ1) is 23.6. The van der Waals surface area contributed by atoms with Crippen LogP contribution in [0.15, 0.2) is 24.3 Å². The Balaban J connectivity index is 2.01. The van der Waals surface area contributed by atoms with Gasteiger partial charge < -0.3 is 15.0 Å². The molecule has 0 bridgehead atoms. The number of carbonyl (C=O) groups excluding carboxylic acids is 2. The van der Waals surface area contributed by atoms with Gasteiger partial charge in [0.1, 0.15) is 0 Å². The summed E-state index contributed by atoms with van der Waals surface area (Å²) in [6.07, 6.45) is -0.701. The van der Waals surface area contributed by atoms with Crippen molar-refractivity contribution in [1.29, 1.82) is 5.26 Å². The topological polar surface area (TPSA) is 82.4 Å². The highest BCUT2D eigenvalue weighted by Crippen LogP contribution is 2.42. The van der Waals surface area contributed by atoms with Gasteiger partial charge in [0.25, 0.3) is 5.91 Å². The number of amides is 2. The maximum Gasteiger partial charge on any atom is 0.268 e. The van der Waals surface area contributed by atoms with Crippen molar-refractivity contribution in [2.75, 3.05) is 10.2 Å². The van der Waals surface area contributed by atoms with Gasteiger partial charge in [-0.15, -0.1) is 0 Å². The van der Waals surface area contributed by atoms with Gasteiger partial charge in [-0.05, 0) is 54.7 Å². The number of rotatable bonds is 4. The lowest BCUT2D eigenvalue weighted by molar-refractivity contribution is -0.125. The molecular formula is C24H25ClFN3O3. The standard InChI is InChI=1S/C24H25ClFN3O3/c1-13-6-18-22(20(26)21(13)28-19(30)10-24(3,4)5)32-14(2)23(31)29(18)12-16-7-15(11-27)8-17(25)9-16/h6-9,14H,10,12H2,1-5H3,(H,28,30). The van der Waals surface area contributed by atoms with E-state index in [4.69, 9.17) is 16.3 Å².